The second kappa shape index (κ2) is 6.41. The minimum atomic E-state index is -1.16. The van der Waals surface area contributed by atoms with E-state index in [0.29, 0.717) is 0 Å². The Morgan fingerprint density at radius 3 is 2.28 bits per heavy atom. The van der Waals surface area contributed by atoms with E-state index in [4.69, 9.17) is 5.73 Å². The molecule has 2 nitrogen and oxygen atoms in total. The first-order valence-corrected chi connectivity index (χ1v) is 5.71. The lowest BCUT2D eigenvalue weighted by Gasteiger charge is -2.28. The van der Waals surface area contributed by atoms with Crippen LogP contribution < -0.4 is 11.1 Å². The van der Waals surface area contributed by atoms with Crippen LogP contribution in [0.5, 0.6) is 0 Å². The standard InChI is InChI=1S/C12H15F3N2.ClH/c13-8-1-2-9(14)11(15)10(8)12(16)7-3-5-17-6-4-7;/h1-2,7,12,17H,3-6,16H2;1H/t12-;/m1./s1. The first kappa shape index (κ1) is 15.3. The average Bonchev–Trinajstić information content (AvgIpc) is 2.35. The molecule has 0 spiro atoms. The zero-order chi connectivity index (χ0) is 12.4. The van der Waals surface area contributed by atoms with Crippen molar-refractivity contribution in [1.29, 1.82) is 0 Å². The molecule has 0 aromatic heterocycles. The fourth-order valence-electron chi connectivity index (χ4n) is 2.29. The molecule has 2 rings (SSSR count). The maximum atomic E-state index is 13.6. The van der Waals surface area contributed by atoms with E-state index in [1.54, 1.807) is 0 Å². The highest BCUT2D eigenvalue weighted by Gasteiger charge is 2.27. The molecule has 1 atom stereocenters. The van der Waals surface area contributed by atoms with Crippen LogP contribution in [-0.2, 0) is 0 Å². The van der Waals surface area contributed by atoms with Gasteiger partial charge in [-0.3, -0.25) is 0 Å². The molecule has 1 fully saturated rings. The summed E-state index contributed by atoms with van der Waals surface area (Å²) in [7, 11) is 0. The van der Waals surface area contributed by atoms with Crippen molar-refractivity contribution in [2.75, 3.05) is 13.1 Å². The van der Waals surface area contributed by atoms with E-state index in [1.165, 1.54) is 0 Å². The number of piperidine rings is 1. The van der Waals surface area contributed by atoms with Gasteiger partial charge in [0, 0.05) is 11.6 Å². The molecule has 1 aliphatic heterocycles. The predicted octanol–water partition coefficient (Wildman–Crippen LogP) is 2.53. The molecule has 0 saturated carbocycles. The van der Waals surface area contributed by atoms with Gasteiger partial charge >= 0.3 is 0 Å². The highest BCUT2D eigenvalue weighted by Crippen LogP contribution is 2.30. The van der Waals surface area contributed by atoms with E-state index in [2.05, 4.69) is 5.32 Å². The van der Waals surface area contributed by atoms with Crippen molar-refractivity contribution in [1.82, 2.24) is 5.32 Å². The fourth-order valence-corrected chi connectivity index (χ4v) is 2.29. The molecule has 1 aliphatic rings. The van der Waals surface area contributed by atoms with Crippen LogP contribution in [-0.4, -0.2) is 13.1 Å². The molecule has 1 saturated heterocycles. The largest absolute Gasteiger partial charge is 0.324 e. The smallest absolute Gasteiger partial charge is 0.166 e. The van der Waals surface area contributed by atoms with Crippen molar-refractivity contribution < 1.29 is 13.2 Å². The third-order valence-electron chi connectivity index (χ3n) is 3.30. The molecular formula is C12H16ClF3N2. The van der Waals surface area contributed by atoms with E-state index in [0.717, 1.165) is 38.1 Å². The Morgan fingerprint density at radius 2 is 1.67 bits per heavy atom. The van der Waals surface area contributed by atoms with Gasteiger partial charge in [0.15, 0.2) is 11.6 Å². The molecule has 0 bridgehead atoms. The fraction of sp³-hybridized carbons (Fsp3) is 0.500. The zero-order valence-corrected chi connectivity index (χ0v) is 10.6. The lowest BCUT2D eigenvalue weighted by molar-refractivity contribution is 0.308. The Hall–Kier alpha value is -0.780. The van der Waals surface area contributed by atoms with Crippen molar-refractivity contribution in [2.24, 2.45) is 11.7 Å². The van der Waals surface area contributed by atoms with Crippen LogP contribution in [0.3, 0.4) is 0 Å². The topological polar surface area (TPSA) is 38.0 Å². The van der Waals surface area contributed by atoms with Crippen LogP contribution >= 0.6 is 12.4 Å². The van der Waals surface area contributed by atoms with Gasteiger partial charge < -0.3 is 11.1 Å². The van der Waals surface area contributed by atoms with Gasteiger partial charge in [-0.2, -0.15) is 0 Å². The summed E-state index contributed by atoms with van der Waals surface area (Å²) in [5.41, 5.74) is 5.54. The molecule has 6 heteroatoms. The van der Waals surface area contributed by atoms with Crippen LogP contribution in [0.25, 0.3) is 0 Å². The maximum absolute atomic E-state index is 13.6. The quantitative estimate of drug-likeness (QED) is 0.817. The average molecular weight is 281 g/mol. The molecule has 1 aromatic rings. The van der Waals surface area contributed by atoms with E-state index in [1.807, 2.05) is 0 Å². The Labute approximate surface area is 110 Å². The van der Waals surface area contributed by atoms with E-state index in [9.17, 15) is 13.2 Å². The normalized spacial score (nSPS) is 18.2. The lowest BCUT2D eigenvalue weighted by Crippen LogP contribution is -2.34. The molecule has 0 unspecified atom stereocenters. The number of hydrogen-bond acceptors (Lipinski definition) is 2. The van der Waals surface area contributed by atoms with E-state index in [-0.39, 0.29) is 23.9 Å². The summed E-state index contributed by atoms with van der Waals surface area (Å²) < 4.78 is 40.2. The first-order valence-electron chi connectivity index (χ1n) is 5.71. The molecule has 18 heavy (non-hydrogen) atoms. The highest BCUT2D eigenvalue weighted by atomic mass is 35.5. The van der Waals surface area contributed by atoms with Gasteiger partial charge in [0.25, 0.3) is 0 Å². The number of halogens is 4. The van der Waals surface area contributed by atoms with Crippen LogP contribution in [0.4, 0.5) is 13.2 Å². The van der Waals surface area contributed by atoms with Gasteiger partial charge in [-0.15, -0.1) is 12.4 Å². The van der Waals surface area contributed by atoms with Gasteiger partial charge in [-0.05, 0) is 44.0 Å². The number of rotatable bonds is 2. The third-order valence-corrected chi connectivity index (χ3v) is 3.30. The van der Waals surface area contributed by atoms with Crippen molar-refractivity contribution in [2.45, 2.75) is 18.9 Å². The van der Waals surface area contributed by atoms with Gasteiger partial charge in [-0.25, -0.2) is 13.2 Å². The lowest BCUT2D eigenvalue weighted by atomic mass is 9.86. The number of benzene rings is 1. The Morgan fingerprint density at radius 1 is 1.11 bits per heavy atom. The molecule has 0 aliphatic carbocycles. The van der Waals surface area contributed by atoms with Crippen molar-refractivity contribution in [3.05, 3.63) is 35.1 Å². The summed E-state index contributed by atoms with van der Waals surface area (Å²) >= 11 is 0. The van der Waals surface area contributed by atoms with Crippen molar-refractivity contribution in [3.63, 3.8) is 0 Å². The minimum Gasteiger partial charge on any atom is -0.324 e. The second-order valence-electron chi connectivity index (χ2n) is 4.37. The summed E-state index contributed by atoms with van der Waals surface area (Å²) in [6.45, 7) is 1.55. The third kappa shape index (κ3) is 2.96. The highest BCUT2D eigenvalue weighted by molar-refractivity contribution is 5.85. The summed E-state index contributed by atoms with van der Waals surface area (Å²) in [4.78, 5) is 0. The monoisotopic (exact) mass is 280 g/mol. The van der Waals surface area contributed by atoms with Gasteiger partial charge in [0.2, 0.25) is 0 Å². The van der Waals surface area contributed by atoms with Gasteiger partial charge in [-0.1, -0.05) is 0 Å². The van der Waals surface area contributed by atoms with Crippen molar-refractivity contribution >= 4 is 12.4 Å². The van der Waals surface area contributed by atoms with Crippen LogP contribution in [0, 0.1) is 23.4 Å². The first-order chi connectivity index (χ1) is 8.11. The van der Waals surface area contributed by atoms with Gasteiger partial charge in [0.1, 0.15) is 5.82 Å². The number of nitrogens with two attached hydrogens (primary N) is 1. The Bertz CT molecular complexity index is 409. The van der Waals surface area contributed by atoms with Crippen LogP contribution in [0.2, 0.25) is 0 Å². The predicted molar refractivity (Wildman–Crippen MR) is 66.1 cm³/mol. The summed E-state index contributed by atoms with van der Waals surface area (Å²) in [5.74, 6) is -2.99. The second-order valence-corrected chi connectivity index (χ2v) is 4.37. The van der Waals surface area contributed by atoms with E-state index < -0.39 is 23.5 Å². The number of nitrogens with one attached hydrogen (secondary N) is 1. The molecule has 1 heterocycles. The molecule has 0 radical (unpaired) electrons. The molecule has 0 amide bonds. The molecule has 3 N–H and O–H groups in total. The van der Waals surface area contributed by atoms with E-state index >= 15 is 0 Å². The Kier molecular flexibility index (Phi) is 5.44. The van der Waals surface area contributed by atoms with Crippen LogP contribution in [0.15, 0.2) is 12.1 Å². The molecule has 102 valence electrons. The molecular weight excluding hydrogens is 265 g/mol. The SMILES string of the molecule is Cl.N[C@@H](c1c(F)ccc(F)c1F)C1CCNCC1. The van der Waals surface area contributed by atoms with Crippen LogP contribution in [0.1, 0.15) is 24.4 Å². The summed E-state index contributed by atoms with van der Waals surface area (Å²) in [5, 5.41) is 3.14. The molecule has 1 aromatic carbocycles. The Balaban J connectivity index is 0.00000162. The summed E-state index contributed by atoms with van der Waals surface area (Å²) in [6, 6.07) is 0.922. The maximum Gasteiger partial charge on any atom is 0.166 e. The van der Waals surface area contributed by atoms with Crippen molar-refractivity contribution in [3.8, 4) is 0 Å². The zero-order valence-electron chi connectivity index (χ0n) is 9.76. The number of hydrogen-bond donors (Lipinski definition) is 2. The summed E-state index contributed by atoms with van der Waals surface area (Å²) in [6.07, 6.45) is 1.49. The van der Waals surface area contributed by atoms with Gasteiger partial charge in [0.05, 0.1) is 0 Å². The minimum absolute atomic E-state index is 0.